The number of esters is 1. The molecular weight excluding hydrogens is 356 g/mol. The van der Waals surface area contributed by atoms with Crippen molar-refractivity contribution in [2.75, 3.05) is 52.1 Å². The lowest BCUT2D eigenvalue weighted by Crippen LogP contribution is -2.48. The second-order valence-corrected chi connectivity index (χ2v) is 8.36. The summed E-state index contributed by atoms with van der Waals surface area (Å²) < 4.78 is 29.8. The Morgan fingerprint density at radius 3 is 2.65 bits per heavy atom. The van der Waals surface area contributed by atoms with Crippen LogP contribution in [0.3, 0.4) is 0 Å². The molecule has 0 aromatic heterocycles. The third-order valence-electron chi connectivity index (χ3n) is 4.32. The lowest BCUT2D eigenvalue weighted by Gasteiger charge is -2.34. The van der Waals surface area contributed by atoms with Crippen LogP contribution < -0.4 is 5.32 Å². The van der Waals surface area contributed by atoms with Crippen LogP contribution in [0.25, 0.3) is 0 Å². The molecule has 0 aromatic rings. The van der Waals surface area contributed by atoms with Gasteiger partial charge in [0.05, 0.1) is 18.8 Å². The van der Waals surface area contributed by atoms with Crippen LogP contribution in [-0.4, -0.2) is 81.7 Å². The van der Waals surface area contributed by atoms with Gasteiger partial charge in [-0.2, -0.15) is 0 Å². The minimum atomic E-state index is -3.16. The molecule has 1 atom stereocenters. The molecule has 0 spiro atoms. The summed E-state index contributed by atoms with van der Waals surface area (Å²) in [4.78, 5) is 18.7. The Morgan fingerprint density at radius 2 is 2.08 bits per heavy atom. The molecule has 1 aliphatic heterocycles. The number of sulfonamides is 1. The summed E-state index contributed by atoms with van der Waals surface area (Å²) in [6.07, 6.45) is 3.65. The van der Waals surface area contributed by atoms with Crippen LogP contribution in [0.1, 0.15) is 40.0 Å². The highest BCUT2D eigenvalue weighted by atomic mass is 32.2. The largest absolute Gasteiger partial charge is 0.466 e. The number of aliphatic imine (C=N–C) groups is 1. The topological polar surface area (TPSA) is 91.3 Å². The highest BCUT2D eigenvalue weighted by Crippen LogP contribution is 2.18. The summed E-state index contributed by atoms with van der Waals surface area (Å²) in [6, 6.07) is 0. The summed E-state index contributed by atoms with van der Waals surface area (Å²) >= 11 is 0. The SMILES string of the molecule is CCNC(=NCCCN(CC)S(C)(=O)=O)N1CCCC(C(=O)OCC)C1. The number of likely N-dealkylation sites (tertiary alicyclic amines) is 1. The van der Waals surface area contributed by atoms with Gasteiger partial charge in [-0.25, -0.2) is 12.7 Å². The summed E-state index contributed by atoms with van der Waals surface area (Å²) in [5.41, 5.74) is 0. The van der Waals surface area contributed by atoms with E-state index in [0.29, 0.717) is 39.2 Å². The predicted molar refractivity (Wildman–Crippen MR) is 104 cm³/mol. The number of carbonyl (C=O) groups is 1. The van der Waals surface area contributed by atoms with Crippen molar-refractivity contribution in [1.29, 1.82) is 0 Å². The smallest absolute Gasteiger partial charge is 0.310 e. The van der Waals surface area contributed by atoms with E-state index in [4.69, 9.17) is 4.74 Å². The zero-order valence-electron chi connectivity index (χ0n) is 16.5. The van der Waals surface area contributed by atoms with Gasteiger partial charge in [0.15, 0.2) is 5.96 Å². The van der Waals surface area contributed by atoms with Gasteiger partial charge < -0.3 is 15.0 Å². The fraction of sp³-hybridized carbons (Fsp3) is 0.882. The van der Waals surface area contributed by atoms with E-state index < -0.39 is 10.0 Å². The molecule has 0 aromatic carbocycles. The molecule has 1 unspecified atom stereocenters. The Balaban J connectivity index is 2.63. The molecule has 152 valence electrons. The standard InChI is InChI=1S/C17H34N4O4S/c1-5-18-17(19-11-9-13-21(6-2)26(4,23)24)20-12-8-10-15(14-20)16(22)25-7-3/h15H,5-14H2,1-4H3,(H,18,19). The monoisotopic (exact) mass is 390 g/mol. The maximum atomic E-state index is 12.0. The average Bonchev–Trinajstić information content (AvgIpc) is 2.60. The summed E-state index contributed by atoms with van der Waals surface area (Å²) in [6.45, 7) is 9.72. The normalized spacial score (nSPS) is 18.9. The van der Waals surface area contributed by atoms with E-state index in [-0.39, 0.29) is 11.9 Å². The third kappa shape index (κ3) is 7.49. The molecule has 1 heterocycles. The Morgan fingerprint density at radius 1 is 1.35 bits per heavy atom. The summed E-state index contributed by atoms with van der Waals surface area (Å²) in [5, 5.41) is 3.27. The molecule has 1 fully saturated rings. The molecule has 1 saturated heterocycles. The predicted octanol–water partition coefficient (Wildman–Crippen LogP) is 0.899. The maximum Gasteiger partial charge on any atom is 0.310 e. The van der Waals surface area contributed by atoms with Crippen LogP contribution in [0.2, 0.25) is 0 Å². The van der Waals surface area contributed by atoms with Crippen molar-refractivity contribution in [3.05, 3.63) is 0 Å². The quantitative estimate of drug-likeness (QED) is 0.272. The molecule has 9 heteroatoms. The lowest BCUT2D eigenvalue weighted by atomic mass is 9.98. The van der Waals surface area contributed by atoms with Gasteiger partial charge >= 0.3 is 5.97 Å². The van der Waals surface area contributed by atoms with Crippen molar-refractivity contribution in [3.63, 3.8) is 0 Å². The Labute approximate surface area is 158 Å². The molecule has 1 aliphatic rings. The zero-order valence-corrected chi connectivity index (χ0v) is 17.3. The van der Waals surface area contributed by atoms with E-state index in [1.165, 1.54) is 10.6 Å². The summed E-state index contributed by atoms with van der Waals surface area (Å²) in [5.74, 6) is 0.525. The minimum Gasteiger partial charge on any atom is -0.466 e. The molecule has 0 aliphatic carbocycles. The lowest BCUT2D eigenvalue weighted by molar-refractivity contribution is -0.149. The number of hydrogen-bond donors (Lipinski definition) is 1. The van der Waals surface area contributed by atoms with Gasteiger partial charge in [0, 0.05) is 39.3 Å². The van der Waals surface area contributed by atoms with Crippen LogP contribution >= 0.6 is 0 Å². The van der Waals surface area contributed by atoms with Crippen molar-refractivity contribution < 1.29 is 17.9 Å². The molecule has 0 radical (unpaired) electrons. The van der Waals surface area contributed by atoms with Crippen LogP contribution in [-0.2, 0) is 19.6 Å². The van der Waals surface area contributed by atoms with Crippen molar-refractivity contribution in [2.45, 2.75) is 40.0 Å². The van der Waals surface area contributed by atoms with E-state index in [2.05, 4.69) is 15.2 Å². The van der Waals surface area contributed by atoms with Gasteiger partial charge in [-0.3, -0.25) is 9.79 Å². The van der Waals surface area contributed by atoms with E-state index in [0.717, 1.165) is 31.9 Å². The first-order valence-electron chi connectivity index (χ1n) is 9.48. The summed E-state index contributed by atoms with van der Waals surface area (Å²) in [7, 11) is -3.16. The molecule has 26 heavy (non-hydrogen) atoms. The fourth-order valence-corrected chi connectivity index (χ4v) is 3.97. The number of nitrogens with zero attached hydrogens (tertiary/aromatic N) is 3. The van der Waals surface area contributed by atoms with E-state index >= 15 is 0 Å². The first-order chi connectivity index (χ1) is 12.3. The van der Waals surface area contributed by atoms with Crippen LogP contribution in [0.15, 0.2) is 4.99 Å². The molecule has 1 N–H and O–H groups in total. The van der Waals surface area contributed by atoms with Crippen molar-refractivity contribution in [2.24, 2.45) is 10.9 Å². The number of guanidine groups is 1. The highest BCUT2D eigenvalue weighted by molar-refractivity contribution is 7.88. The number of carbonyl (C=O) groups excluding carboxylic acids is 1. The van der Waals surface area contributed by atoms with Gasteiger partial charge in [0.25, 0.3) is 0 Å². The number of hydrogen-bond acceptors (Lipinski definition) is 5. The average molecular weight is 391 g/mol. The van der Waals surface area contributed by atoms with Gasteiger partial charge in [-0.15, -0.1) is 0 Å². The fourth-order valence-electron chi connectivity index (χ4n) is 3.04. The van der Waals surface area contributed by atoms with Gasteiger partial charge in [0.2, 0.25) is 10.0 Å². The zero-order chi connectivity index (χ0) is 19.6. The Bertz CT molecular complexity index is 565. The van der Waals surface area contributed by atoms with Crippen molar-refractivity contribution >= 4 is 22.0 Å². The number of nitrogens with one attached hydrogen (secondary N) is 1. The van der Waals surface area contributed by atoms with Crippen LogP contribution in [0.4, 0.5) is 0 Å². The van der Waals surface area contributed by atoms with E-state index in [9.17, 15) is 13.2 Å². The highest BCUT2D eigenvalue weighted by Gasteiger charge is 2.28. The van der Waals surface area contributed by atoms with Crippen molar-refractivity contribution in [1.82, 2.24) is 14.5 Å². The Kier molecular flexibility index (Phi) is 9.93. The second-order valence-electron chi connectivity index (χ2n) is 6.38. The first kappa shape index (κ1) is 22.7. The van der Waals surface area contributed by atoms with E-state index in [1.54, 1.807) is 0 Å². The second kappa shape index (κ2) is 11.4. The van der Waals surface area contributed by atoms with Gasteiger partial charge in [-0.1, -0.05) is 6.92 Å². The number of ether oxygens (including phenoxy) is 1. The molecule has 0 bridgehead atoms. The Hall–Kier alpha value is -1.35. The van der Waals surface area contributed by atoms with Crippen LogP contribution in [0, 0.1) is 5.92 Å². The minimum absolute atomic E-state index is 0.117. The molecular formula is C17H34N4O4S. The molecule has 8 nitrogen and oxygen atoms in total. The maximum absolute atomic E-state index is 12.0. The van der Waals surface area contributed by atoms with Crippen LogP contribution in [0.5, 0.6) is 0 Å². The molecule has 0 amide bonds. The number of piperidine rings is 1. The number of rotatable bonds is 9. The first-order valence-corrected chi connectivity index (χ1v) is 11.3. The third-order valence-corrected chi connectivity index (χ3v) is 5.70. The van der Waals surface area contributed by atoms with Gasteiger partial charge in [0.1, 0.15) is 0 Å². The molecule has 1 rings (SSSR count). The van der Waals surface area contributed by atoms with Gasteiger partial charge in [-0.05, 0) is 33.1 Å². The van der Waals surface area contributed by atoms with E-state index in [1.807, 2.05) is 20.8 Å². The van der Waals surface area contributed by atoms with Crippen molar-refractivity contribution in [3.8, 4) is 0 Å². The molecule has 0 saturated carbocycles.